The van der Waals surface area contributed by atoms with E-state index < -0.39 is 11.7 Å². The van der Waals surface area contributed by atoms with Crippen LogP contribution in [0.3, 0.4) is 0 Å². The number of amides is 2. The number of benzene rings is 1. The number of alkyl carbamates (subject to hydrolysis) is 1. The van der Waals surface area contributed by atoms with E-state index in [0.29, 0.717) is 37.9 Å². The van der Waals surface area contributed by atoms with Crippen LogP contribution in [0.2, 0.25) is 0 Å². The minimum absolute atomic E-state index is 0.180. The maximum atomic E-state index is 12.1. The Morgan fingerprint density at radius 3 is 2.29 bits per heavy atom. The number of nitrogens with one attached hydrogen (secondary N) is 1. The first-order valence-electron chi connectivity index (χ1n) is 11.2. The first kappa shape index (κ1) is 21.9. The van der Waals surface area contributed by atoms with Gasteiger partial charge in [-0.05, 0) is 62.6 Å². The van der Waals surface area contributed by atoms with E-state index in [-0.39, 0.29) is 18.7 Å². The molecule has 1 aromatic rings. The van der Waals surface area contributed by atoms with Crippen LogP contribution in [0.5, 0.6) is 0 Å². The third-order valence-corrected chi connectivity index (χ3v) is 7.29. The van der Waals surface area contributed by atoms with Crippen LogP contribution in [0.4, 0.5) is 9.59 Å². The van der Waals surface area contributed by atoms with Gasteiger partial charge in [0, 0.05) is 25.7 Å². The zero-order chi connectivity index (χ0) is 21.9. The molecular weight excluding hydrogens is 398 g/mol. The lowest BCUT2D eigenvalue weighted by Crippen LogP contribution is -2.57. The molecule has 2 amide bonds. The highest BCUT2D eigenvalue weighted by atomic mass is 16.5. The predicted octanol–water partition coefficient (Wildman–Crippen LogP) is 2.66. The van der Waals surface area contributed by atoms with Crippen molar-refractivity contribution in [2.24, 2.45) is 5.41 Å². The van der Waals surface area contributed by atoms with Crippen molar-refractivity contribution in [2.75, 3.05) is 32.7 Å². The molecule has 2 saturated heterocycles. The zero-order valence-electron chi connectivity index (χ0n) is 18.0. The number of aliphatic hydroxyl groups is 1. The summed E-state index contributed by atoms with van der Waals surface area (Å²) in [6.07, 6.45) is 3.85. The first-order valence-corrected chi connectivity index (χ1v) is 11.2. The number of likely N-dealkylation sites (tertiary alicyclic amines) is 2. The lowest BCUT2D eigenvalue weighted by Gasteiger charge is -2.53. The van der Waals surface area contributed by atoms with Gasteiger partial charge in [0.05, 0.1) is 5.60 Å². The number of β-amino-alcohol motifs (C(OH)–C–C–N with tert-alkyl or cyclic N) is 1. The number of hydrogen-bond donors (Lipinski definition) is 3. The van der Waals surface area contributed by atoms with Gasteiger partial charge in [-0.2, -0.15) is 0 Å². The van der Waals surface area contributed by atoms with Crippen LogP contribution in [-0.4, -0.2) is 76.6 Å². The van der Waals surface area contributed by atoms with Gasteiger partial charge < -0.3 is 30.1 Å². The second-order valence-electron chi connectivity index (χ2n) is 9.58. The van der Waals surface area contributed by atoms with Crippen molar-refractivity contribution in [3.05, 3.63) is 35.9 Å². The molecule has 170 valence electrons. The molecule has 0 atom stereocenters. The minimum Gasteiger partial charge on any atom is -0.465 e. The zero-order valence-corrected chi connectivity index (χ0v) is 18.0. The third kappa shape index (κ3) is 5.49. The normalized spacial score (nSPS) is 23.2. The number of rotatable bonds is 5. The van der Waals surface area contributed by atoms with E-state index in [1.165, 1.54) is 4.90 Å². The fourth-order valence-electron chi connectivity index (χ4n) is 5.30. The Balaban J connectivity index is 1.14. The molecule has 1 saturated carbocycles. The summed E-state index contributed by atoms with van der Waals surface area (Å²) in [4.78, 5) is 26.8. The first-order chi connectivity index (χ1) is 14.8. The summed E-state index contributed by atoms with van der Waals surface area (Å²) in [6.45, 7) is 3.58. The van der Waals surface area contributed by atoms with Gasteiger partial charge in [-0.3, -0.25) is 0 Å². The molecule has 31 heavy (non-hydrogen) atoms. The van der Waals surface area contributed by atoms with E-state index in [9.17, 15) is 14.7 Å². The van der Waals surface area contributed by atoms with Gasteiger partial charge in [0.25, 0.3) is 0 Å². The van der Waals surface area contributed by atoms with Crippen molar-refractivity contribution in [1.29, 1.82) is 0 Å². The van der Waals surface area contributed by atoms with Gasteiger partial charge in [0.1, 0.15) is 6.61 Å². The van der Waals surface area contributed by atoms with Crippen LogP contribution < -0.4 is 5.32 Å². The quantitative estimate of drug-likeness (QED) is 0.663. The van der Waals surface area contributed by atoms with E-state index in [1.54, 1.807) is 0 Å². The highest BCUT2D eigenvalue weighted by Crippen LogP contribution is 2.49. The Kier molecular flexibility index (Phi) is 6.39. The molecule has 8 heteroatoms. The van der Waals surface area contributed by atoms with E-state index in [0.717, 1.165) is 44.3 Å². The van der Waals surface area contributed by atoms with Gasteiger partial charge in [-0.25, -0.2) is 9.59 Å². The van der Waals surface area contributed by atoms with Gasteiger partial charge in [0.2, 0.25) is 0 Å². The molecule has 1 aromatic carbocycles. The van der Waals surface area contributed by atoms with Crippen molar-refractivity contribution in [2.45, 2.75) is 56.8 Å². The van der Waals surface area contributed by atoms with Crippen LogP contribution in [-0.2, 0) is 11.3 Å². The summed E-state index contributed by atoms with van der Waals surface area (Å²) in [7, 11) is 0. The third-order valence-electron chi connectivity index (χ3n) is 7.29. The van der Waals surface area contributed by atoms with Gasteiger partial charge in [-0.1, -0.05) is 30.3 Å². The number of hydrogen-bond acceptors (Lipinski definition) is 5. The number of piperidine rings is 2. The summed E-state index contributed by atoms with van der Waals surface area (Å²) in [5.74, 6) is 0. The van der Waals surface area contributed by atoms with Crippen LogP contribution in [0, 0.1) is 5.41 Å². The average Bonchev–Trinajstić information content (AvgIpc) is 2.73. The fourth-order valence-corrected chi connectivity index (χ4v) is 5.30. The largest absolute Gasteiger partial charge is 0.465 e. The summed E-state index contributed by atoms with van der Waals surface area (Å²) in [5.41, 5.74) is 0.483. The molecule has 8 nitrogen and oxygen atoms in total. The van der Waals surface area contributed by atoms with Crippen molar-refractivity contribution in [1.82, 2.24) is 15.1 Å². The molecule has 2 aliphatic heterocycles. The summed E-state index contributed by atoms with van der Waals surface area (Å²) < 4.78 is 5.32. The molecule has 1 spiro atoms. The van der Waals surface area contributed by atoms with Crippen molar-refractivity contribution >= 4 is 12.2 Å². The van der Waals surface area contributed by atoms with Crippen molar-refractivity contribution in [3.8, 4) is 0 Å². The number of carbonyl (C=O) groups is 2. The van der Waals surface area contributed by atoms with Gasteiger partial charge in [-0.15, -0.1) is 0 Å². The minimum atomic E-state index is -0.904. The monoisotopic (exact) mass is 431 g/mol. The summed E-state index contributed by atoms with van der Waals surface area (Å²) >= 11 is 0. The van der Waals surface area contributed by atoms with E-state index in [2.05, 4.69) is 10.2 Å². The summed E-state index contributed by atoms with van der Waals surface area (Å²) in [6, 6.07) is 9.84. The maximum absolute atomic E-state index is 12.1. The Bertz CT molecular complexity index is 763. The smallest absolute Gasteiger partial charge is 0.407 e. The molecule has 3 fully saturated rings. The van der Waals surface area contributed by atoms with Crippen molar-refractivity contribution in [3.63, 3.8) is 0 Å². The average molecular weight is 432 g/mol. The highest BCUT2D eigenvalue weighted by Gasteiger charge is 2.47. The maximum Gasteiger partial charge on any atom is 0.407 e. The molecule has 4 rings (SSSR count). The number of ether oxygens (including phenoxy) is 1. The Morgan fingerprint density at radius 1 is 1.03 bits per heavy atom. The Morgan fingerprint density at radius 2 is 1.68 bits per heavy atom. The van der Waals surface area contributed by atoms with Crippen LogP contribution in [0.25, 0.3) is 0 Å². The SMILES string of the molecule is O=C(NC1CC2(CCN(CC3(O)CCN(C(=O)O)CC3)CC2)C1)OCc1ccccc1. The second kappa shape index (κ2) is 9.04. The molecule has 2 heterocycles. The molecule has 3 N–H and O–H groups in total. The molecular formula is C23H33N3O5. The second-order valence-corrected chi connectivity index (χ2v) is 9.58. The topological polar surface area (TPSA) is 102 Å². The number of nitrogens with zero attached hydrogens (tertiary/aromatic N) is 2. The molecule has 1 aliphatic carbocycles. The molecule has 0 bridgehead atoms. The van der Waals surface area contributed by atoms with Crippen LogP contribution in [0.15, 0.2) is 30.3 Å². The van der Waals surface area contributed by atoms with Crippen molar-refractivity contribution < 1.29 is 24.5 Å². The molecule has 0 radical (unpaired) electrons. The Hall–Kier alpha value is -2.32. The number of carbonyl (C=O) groups excluding carboxylic acids is 1. The van der Waals surface area contributed by atoms with Crippen LogP contribution in [0.1, 0.15) is 44.1 Å². The van der Waals surface area contributed by atoms with E-state index >= 15 is 0 Å². The van der Waals surface area contributed by atoms with Gasteiger partial charge >= 0.3 is 12.2 Å². The summed E-state index contributed by atoms with van der Waals surface area (Å²) in [5, 5.41) is 22.9. The van der Waals surface area contributed by atoms with E-state index in [1.807, 2.05) is 30.3 Å². The molecule has 0 unspecified atom stereocenters. The predicted molar refractivity (Wildman–Crippen MR) is 115 cm³/mol. The number of carboxylic acid groups (broad SMARTS) is 1. The molecule has 3 aliphatic rings. The van der Waals surface area contributed by atoms with Crippen LogP contribution >= 0.6 is 0 Å². The fraction of sp³-hybridized carbons (Fsp3) is 0.652. The lowest BCUT2D eigenvalue weighted by molar-refractivity contribution is -0.0629. The van der Waals surface area contributed by atoms with E-state index in [4.69, 9.17) is 9.84 Å². The Labute approximate surface area is 183 Å². The standard InChI is InChI=1S/C23H33N3O5/c27-20(31-16-18-4-2-1-3-5-18)24-19-14-22(15-19)6-10-25(11-7-22)17-23(30)8-12-26(13-9-23)21(28)29/h1-5,19,30H,6-17H2,(H,24,27)(H,28,29). The lowest BCUT2D eigenvalue weighted by atomic mass is 9.60. The highest BCUT2D eigenvalue weighted by molar-refractivity contribution is 5.67. The molecule has 0 aromatic heterocycles. The van der Waals surface area contributed by atoms with Gasteiger partial charge in [0.15, 0.2) is 0 Å².